The monoisotopic (exact) mass is 347 g/mol. The first-order valence-electron chi connectivity index (χ1n) is 6.84. The topological polar surface area (TPSA) is 41.5 Å². The molecule has 2 rings (SSSR count). The van der Waals surface area contributed by atoms with E-state index in [0.29, 0.717) is 11.6 Å². The Bertz CT molecular complexity index is 698. The highest BCUT2D eigenvalue weighted by molar-refractivity contribution is 5.78. The van der Waals surface area contributed by atoms with Crippen molar-refractivity contribution in [1.82, 2.24) is 0 Å². The quantitative estimate of drug-likeness (QED) is 0.804. The van der Waals surface area contributed by atoms with Crippen molar-refractivity contribution in [2.75, 3.05) is 19.0 Å². The number of hydrogen-bond acceptors (Lipinski definition) is 3. The molecule has 0 saturated carbocycles. The van der Waals surface area contributed by atoms with Gasteiger partial charge in [0.25, 0.3) is 0 Å². The van der Waals surface area contributed by atoms with Crippen LogP contribution >= 0.6 is 0 Å². The minimum atomic E-state index is -4.76. The van der Waals surface area contributed by atoms with Gasteiger partial charge >= 0.3 is 6.18 Å². The van der Waals surface area contributed by atoms with Gasteiger partial charge in [0.1, 0.15) is 17.4 Å². The maximum Gasteiger partial charge on any atom is 0.416 e. The first kappa shape index (κ1) is 18.0. The molecule has 0 bridgehead atoms. The van der Waals surface area contributed by atoms with Crippen LogP contribution in [0.25, 0.3) is 11.1 Å². The number of aliphatic hydroxyl groups is 1. The predicted molar refractivity (Wildman–Crippen MR) is 78.9 cm³/mol. The summed E-state index contributed by atoms with van der Waals surface area (Å²) in [5.41, 5.74) is 0.620. The van der Waals surface area contributed by atoms with E-state index in [9.17, 15) is 22.0 Å². The van der Waals surface area contributed by atoms with Gasteiger partial charge in [0, 0.05) is 18.2 Å². The zero-order valence-corrected chi connectivity index (χ0v) is 12.5. The summed E-state index contributed by atoms with van der Waals surface area (Å²) in [6, 6.07) is 7.30. The molecular weight excluding hydrogens is 333 g/mol. The van der Waals surface area contributed by atoms with Gasteiger partial charge in [-0.1, -0.05) is 12.1 Å². The van der Waals surface area contributed by atoms with Crippen LogP contribution in [-0.4, -0.2) is 31.0 Å². The molecule has 24 heavy (non-hydrogen) atoms. The van der Waals surface area contributed by atoms with E-state index in [4.69, 9.17) is 9.84 Å². The van der Waals surface area contributed by atoms with Crippen molar-refractivity contribution in [3.63, 3.8) is 0 Å². The summed E-state index contributed by atoms with van der Waals surface area (Å²) < 4.78 is 69.0. The second-order valence-corrected chi connectivity index (χ2v) is 4.98. The van der Waals surface area contributed by atoms with Gasteiger partial charge in [0.05, 0.1) is 12.8 Å². The molecule has 1 unspecified atom stereocenters. The number of methoxy groups -OCH3 is 1. The molecule has 0 heterocycles. The SMILES string of the molecule is COc1c(NCC(O)C(F)(F)F)cccc1-c1cc(F)cc(F)c1. The van der Waals surface area contributed by atoms with E-state index in [-0.39, 0.29) is 17.0 Å². The number of aliphatic hydroxyl groups excluding tert-OH is 1. The second-order valence-electron chi connectivity index (χ2n) is 4.98. The minimum Gasteiger partial charge on any atom is -0.494 e. The Balaban J connectivity index is 2.35. The lowest BCUT2D eigenvalue weighted by Crippen LogP contribution is -2.35. The number of anilines is 1. The average molecular weight is 347 g/mol. The van der Waals surface area contributed by atoms with Crippen molar-refractivity contribution >= 4 is 5.69 Å². The summed E-state index contributed by atoms with van der Waals surface area (Å²) in [6.07, 6.45) is -7.32. The van der Waals surface area contributed by atoms with Crippen LogP contribution in [0.5, 0.6) is 5.75 Å². The van der Waals surface area contributed by atoms with Crippen LogP contribution in [0.3, 0.4) is 0 Å². The molecule has 2 aromatic carbocycles. The van der Waals surface area contributed by atoms with E-state index in [1.54, 1.807) is 0 Å². The highest BCUT2D eigenvalue weighted by atomic mass is 19.4. The molecule has 1 atom stereocenters. The molecule has 130 valence electrons. The van der Waals surface area contributed by atoms with E-state index >= 15 is 0 Å². The third-order valence-electron chi connectivity index (χ3n) is 3.26. The van der Waals surface area contributed by atoms with Crippen LogP contribution in [0.2, 0.25) is 0 Å². The Hall–Kier alpha value is -2.35. The number of ether oxygens (including phenoxy) is 1. The van der Waals surface area contributed by atoms with Crippen molar-refractivity contribution in [2.24, 2.45) is 0 Å². The fourth-order valence-corrected chi connectivity index (χ4v) is 2.16. The van der Waals surface area contributed by atoms with Crippen LogP contribution in [0.1, 0.15) is 0 Å². The number of nitrogens with one attached hydrogen (secondary N) is 1. The average Bonchev–Trinajstić information content (AvgIpc) is 2.50. The summed E-state index contributed by atoms with van der Waals surface area (Å²) in [7, 11) is 1.28. The van der Waals surface area contributed by atoms with Crippen molar-refractivity contribution < 1.29 is 31.8 Å². The predicted octanol–water partition coefficient (Wildman–Crippen LogP) is 3.98. The molecule has 0 aromatic heterocycles. The number of hydrogen-bond donors (Lipinski definition) is 2. The molecule has 2 aromatic rings. The highest BCUT2D eigenvalue weighted by Crippen LogP contribution is 2.37. The smallest absolute Gasteiger partial charge is 0.416 e. The van der Waals surface area contributed by atoms with Gasteiger partial charge in [-0.05, 0) is 23.8 Å². The van der Waals surface area contributed by atoms with E-state index in [1.807, 2.05) is 0 Å². The van der Waals surface area contributed by atoms with Crippen molar-refractivity contribution in [3.8, 4) is 16.9 Å². The zero-order valence-electron chi connectivity index (χ0n) is 12.5. The van der Waals surface area contributed by atoms with Crippen LogP contribution in [0.4, 0.5) is 27.6 Å². The van der Waals surface area contributed by atoms with E-state index in [0.717, 1.165) is 12.1 Å². The number of para-hydroxylation sites is 1. The number of benzene rings is 2. The molecule has 0 fully saturated rings. The van der Waals surface area contributed by atoms with Crippen molar-refractivity contribution in [3.05, 3.63) is 48.0 Å². The van der Waals surface area contributed by atoms with Crippen molar-refractivity contribution in [2.45, 2.75) is 12.3 Å². The fraction of sp³-hybridized carbons (Fsp3) is 0.250. The molecule has 0 aliphatic rings. The number of halogens is 5. The first-order chi connectivity index (χ1) is 11.2. The molecule has 0 radical (unpaired) electrons. The maximum atomic E-state index is 13.4. The summed E-state index contributed by atoms with van der Waals surface area (Å²) in [5.74, 6) is -1.48. The molecule has 0 amide bonds. The number of rotatable bonds is 5. The summed E-state index contributed by atoms with van der Waals surface area (Å²) in [6.45, 7) is -0.791. The molecule has 8 heteroatoms. The molecule has 3 nitrogen and oxygen atoms in total. The Morgan fingerprint density at radius 1 is 1.12 bits per heavy atom. The van der Waals surface area contributed by atoms with Gasteiger partial charge in [-0.25, -0.2) is 8.78 Å². The van der Waals surface area contributed by atoms with Gasteiger partial charge in [-0.15, -0.1) is 0 Å². The minimum absolute atomic E-state index is 0.108. The van der Waals surface area contributed by atoms with Gasteiger partial charge in [-0.2, -0.15) is 13.2 Å². The lowest BCUT2D eigenvalue weighted by Gasteiger charge is -2.19. The third kappa shape index (κ3) is 4.14. The lowest BCUT2D eigenvalue weighted by atomic mass is 10.0. The summed E-state index contributed by atoms with van der Waals surface area (Å²) in [4.78, 5) is 0. The fourth-order valence-electron chi connectivity index (χ4n) is 2.16. The van der Waals surface area contributed by atoms with Crippen LogP contribution < -0.4 is 10.1 Å². The van der Waals surface area contributed by atoms with Crippen molar-refractivity contribution in [1.29, 1.82) is 0 Å². The zero-order chi connectivity index (χ0) is 17.9. The standard InChI is InChI=1S/C16H14F5NO2/c1-24-15-12(9-5-10(17)7-11(18)6-9)3-2-4-13(15)22-8-14(23)16(19,20)21/h2-7,14,22-23H,8H2,1H3. The Labute approximate surface area is 134 Å². The van der Waals surface area contributed by atoms with Crippen LogP contribution in [0.15, 0.2) is 36.4 Å². The lowest BCUT2D eigenvalue weighted by molar-refractivity contribution is -0.198. The molecule has 0 aliphatic carbocycles. The Morgan fingerprint density at radius 2 is 1.75 bits per heavy atom. The maximum absolute atomic E-state index is 13.4. The number of alkyl halides is 3. The molecule has 2 N–H and O–H groups in total. The Kier molecular flexibility index (Phi) is 5.28. The highest BCUT2D eigenvalue weighted by Gasteiger charge is 2.38. The molecule has 0 spiro atoms. The van der Waals surface area contributed by atoms with E-state index in [1.165, 1.54) is 25.3 Å². The molecule has 0 aliphatic heterocycles. The largest absolute Gasteiger partial charge is 0.494 e. The second kappa shape index (κ2) is 7.04. The van der Waals surface area contributed by atoms with E-state index in [2.05, 4.69) is 5.32 Å². The van der Waals surface area contributed by atoms with Crippen LogP contribution in [-0.2, 0) is 0 Å². The summed E-state index contributed by atoms with van der Waals surface area (Å²) >= 11 is 0. The van der Waals surface area contributed by atoms with Crippen LogP contribution in [0, 0.1) is 11.6 Å². The normalized spacial score (nSPS) is 12.8. The van der Waals surface area contributed by atoms with Gasteiger partial charge in [-0.3, -0.25) is 0 Å². The van der Waals surface area contributed by atoms with Gasteiger partial charge in [0.2, 0.25) is 0 Å². The molecule has 0 saturated heterocycles. The Morgan fingerprint density at radius 3 is 2.29 bits per heavy atom. The third-order valence-corrected chi connectivity index (χ3v) is 3.26. The van der Waals surface area contributed by atoms with E-state index < -0.39 is 30.5 Å². The van der Waals surface area contributed by atoms with Gasteiger partial charge in [0.15, 0.2) is 6.10 Å². The molecular formula is C16H14F5NO2. The first-order valence-corrected chi connectivity index (χ1v) is 6.84. The summed E-state index contributed by atoms with van der Waals surface area (Å²) in [5, 5.41) is 11.5. The van der Waals surface area contributed by atoms with Gasteiger partial charge < -0.3 is 15.2 Å².